The van der Waals surface area contributed by atoms with Gasteiger partial charge >= 0.3 is 0 Å². The van der Waals surface area contributed by atoms with Crippen LogP contribution in [0.1, 0.15) is 11.1 Å². The molecule has 3 rings (SSSR count). The third-order valence-corrected chi connectivity index (χ3v) is 4.07. The lowest BCUT2D eigenvalue weighted by atomic mass is 10.1. The Balaban J connectivity index is 1.49. The van der Waals surface area contributed by atoms with Crippen LogP contribution in [0.15, 0.2) is 67.0 Å². The fourth-order valence-corrected chi connectivity index (χ4v) is 2.64. The molecule has 1 heterocycles. The van der Waals surface area contributed by atoms with E-state index in [1.807, 2.05) is 65.6 Å². The molecule has 122 valence electrons. The summed E-state index contributed by atoms with van der Waals surface area (Å²) in [5.74, 6) is -0.0291. The van der Waals surface area contributed by atoms with Crippen molar-refractivity contribution < 1.29 is 4.79 Å². The number of halogens is 1. The summed E-state index contributed by atoms with van der Waals surface area (Å²) in [5.41, 5.74) is 2.94. The Kier molecular flexibility index (Phi) is 5.29. The molecule has 0 unspecified atom stereocenters. The van der Waals surface area contributed by atoms with Crippen molar-refractivity contribution in [2.75, 3.05) is 6.54 Å². The van der Waals surface area contributed by atoms with E-state index in [1.54, 1.807) is 6.07 Å². The van der Waals surface area contributed by atoms with E-state index in [9.17, 15) is 4.79 Å². The van der Waals surface area contributed by atoms with Gasteiger partial charge in [-0.25, -0.2) is 4.68 Å². The van der Waals surface area contributed by atoms with Gasteiger partial charge in [-0.1, -0.05) is 48.0 Å². The maximum Gasteiger partial charge on any atom is 0.224 e. The first-order chi connectivity index (χ1) is 11.7. The lowest BCUT2D eigenvalue weighted by Gasteiger charge is -2.06. The summed E-state index contributed by atoms with van der Waals surface area (Å²) < 4.78 is 1.83. The van der Waals surface area contributed by atoms with Crippen LogP contribution in [-0.2, 0) is 17.6 Å². The van der Waals surface area contributed by atoms with E-state index in [0.717, 1.165) is 23.2 Å². The Bertz CT molecular complexity index is 814. The molecule has 2 aromatic carbocycles. The third kappa shape index (κ3) is 4.24. The number of carbonyl (C=O) groups is 1. The van der Waals surface area contributed by atoms with E-state index in [0.29, 0.717) is 18.0 Å². The van der Waals surface area contributed by atoms with Gasteiger partial charge in [-0.05, 0) is 35.7 Å². The van der Waals surface area contributed by atoms with Crippen LogP contribution in [0, 0.1) is 0 Å². The van der Waals surface area contributed by atoms with Gasteiger partial charge in [-0.15, -0.1) is 0 Å². The van der Waals surface area contributed by atoms with Gasteiger partial charge < -0.3 is 5.32 Å². The largest absolute Gasteiger partial charge is 0.355 e. The fraction of sp³-hybridized carbons (Fsp3) is 0.158. The summed E-state index contributed by atoms with van der Waals surface area (Å²) in [5, 5.41) is 7.89. The molecule has 0 spiro atoms. The van der Waals surface area contributed by atoms with Crippen molar-refractivity contribution in [3.8, 4) is 5.69 Å². The van der Waals surface area contributed by atoms with Crippen molar-refractivity contribution in [2.45, 2.75) is 12.8 Å². The highest BCUT2D eigenvalue weighted by Gasteiger charge is 2.07. The monoisotopic (exact) mass is 339 g/mol. The molecule has 0 radical (unpaired) electrons. The van der Waals surface area contributed by atoms with Gasteiger partial charge in [0, 0.05) is 17.8 Å². The quantitative estimate of drug-likeness (QED) is 0.748. The molecule has 0 saturated carbocycles. The number of para-hydroxylation sites is 1. The lowest BCUT2D eigenvalue weighted by molar-refractivity contribution is -0.120. The van der Waals surface area contributed by atoms with Gasteiger partial charge in [0.2, 0.25) is 5.91 Å². The molecular weight excluding hydrogens is 322 g/mol. The van der Waals surface area contributed by atoms with Crippen molar-refractivity contribution in [3.63, 3.8) is 0 Å². The number of benzene rings is 2. The van der Waals surface area contributed by atoms with E-state index >= 15 is 0 Å². The zero-order valence-electron chi connectivity index (χ0n) is 13.2. The summed E-state index contributed by atoms with van der Waals surface area (Å²) in [6.45, 7) is 0.573. The summed E-state index contributed by atoms with van der Waals surface area (Å²) in [4.78, 5) is 12.0. The van der Waals surface area contributed by atoms with E-state index < -0.39 is 0 Å². The Hall–Kier alpha value is -2.59. The Morgan fingerprint density at radius 2 is 1.83 bits per heavy atom. The van der Waals surface area contributed by atoms with Crippen molar-refractivity contribution >= 4 is 17.5 Å². The summed E-state index contributed by atoms with van der Waals surface area (Å²) >= 11 is 6.07. The van der Waals surface area contributed by atoms with Gasteiger partial charge in [0.05, 0.1) is 18.3 Å². The second-order valence-electron chi connectivity index (χ2n) is 5.50. The van der Waals surface area contributed by atoms with Crippen LogP contribution in [0.3, 0.4) is 0 Å². The normalized spacial score (nSPS) is 10.5. The molecule has 0 atom stereocenters. The molecule has 1 amide bonds. The first-order valence-corrected chi connectivity index (χ1v) is 8.19. The predicted octanol–water partition coefficient (Wildman–Crippen LogP) is 3.43. The number of carbonyl (C=O) groups excluding carboxylic acids is 1. The predicted molar refractivity (Wildman–Crippen MR) is 95.4 cm³/mol. The zero-order chi connectivity index (χ0) is 16.8. The molecule has 0 aliphatic heterocycles. The highest BCUT2D eigenvalue weighted by Crippen LogP contribution is 2.15. The maximum absolute atomic E-state index is 12.0. The van der Waals surface area contributed by atoms with Crippen LogP contribution >= 0.6 is 11.6 Å². The molecule has 0 aliphatic rings. The Morgan fingerprint density at radius 3 is 2.62 bits per heavy atom. The van der Waals surface area contributed by atoms with Crippen LogP contribution < -0.4 is 5.32 Å². The summed E-state index contributed by atoms with van der Waals surface area (Å²) in [7, 11) is 0. The van der Waals surface area contributed by atoms with Crippen LogP contribution in [0.2, 0.25) is 5.02 Å². The molecule has 0 saturated heterocycles. The molecule has 3 aromatic rings. The molecule has 4 nitrogen and oxygen atoms in total. The summed E-state index contributed by atoms with van der Waals surface area (Å²) in [6.07, 6.45) is 4.84. The average molecular weight is 340 g/mol. The van der Waals surface area contributed by atoms with Gasteiger partial charge in [-0.3, -0.25) is 4.79 Å². The number of rotatable bonds is 6. The highest BCUT2D eigenvalue weighted by molar-refractivity contribution is 6.31. The van der Waals surface area contributed by atoms with Gasteiger partial charge in [0.25, 0.3) is 0 Å². The minimum Gasteiger partial charge on any atom is -0.355 e. The molecular formula is C19H18ClN3O. The number of amides is 1. The SMILES string of the molecule is O=C(Cc1ccccc1Cl)NCCc1cnn(-c2ccccc2)c1. The summed E-state index contributed by atoms with van der Waals surface area (Å²) in [6, 6.07) is 17.3. The molecule has 5 heteroatoms. The molecule has 0 fully saturated rings. The fourth-order valence-electron chi connectivity index (χ4n) is 2.43. The zero-order valence-corrected chi connectivity index (χ0v) is 13.9. The third-order valence-electron chi connectivity index (χ3n) is 3.70. The molecule has 1 N–H and O–H groups in total. The molecule has 24 heavy (non-hydrogen) atoms. The van der Waals surface area contributed by atoms with Gasteiger partial charge in [0.1, 0.15) is 0 Å². The van der Waals surface area contributed by atoms with Crippen molar-refractivity contribution in [3.05, 3.63) is 83.1 Å². The van der Waals surface area contributed by atoms with Crippen LogP contribution in [0.5, 0.6) is 0 Å². The van der Waals surface area contributed by atoms with Crippen LogP contribution in [0.4, 0.5) is 0 Å². The number of nitrogens with one attached hydrogen (secondary N) is 1. The minimum absolute atomic E-state index is 0.0291. The van der Waals surface area contributed by atoms with Crippen molar-refractivity contribution in [1.29, 1.82) is 0 Å². The molecule has 0 aliphatic carbocycles. The second kappa shape index (κ2) is 7.79. The molecule has 1 aromatic heterocycles. The molecule has 0 bridgehead atoms. The second-order valence-corrected chi connectivity index (χ2v) is 5.90. The topological polar surface area (TPSA) is 46.9 Å². The van der Waals surface area contributed by atoms with Crippen LogP contribution in [-0.4, -0.2) is 22.2 Å². The first-order valence-electron chi connectivity index (χ1n) is 7.81. The first kappa shape index (κ1) is 16.3. The number of nitrogens with zero attached hydrogens (tertiary/aromatic N) is 2. The number of aromatic nitrogens is 2. The number of hydrogen-bond donors (Lipinski definition) is 1. The Morgan fingerprint density at radius 1 is 1.08 bits per heavy atom. The van der Waals surface area contributed by atoms with Crippen molar-refractivity contribution in [1.82, 2.24) is 15.1 Å². The van der Waals surface area contributed by atoms with Gasteiger partial charge in [-0.2, -0.15) is 5.10 Å². The standard InChI is InChI=1S/C19H18ClN3O/c20-18-9-5-4-6-16(18)12-19(24)21-11-10-15-13-22-23(14-15)17-7-2-1-3-8-17/h1-9,13-14H,10-12H2,(H,21,24). The van der Waals surface area contributed by atoms with E-state index in [4.69, 9.17) is 11.6 Å². The smallest absolute Gasteiger partial charge is 0.224 e. The minimum atomic E-state index is -0.0291. The lowest BCUT2D eigenvalue weighted by Crippen LogP contribution is -2.27. The van der Waals surface area contributed by atoms with Crippen LogP contribution in [0.25, 0.3) is 5.69 Å². The maximum atomic E-state index is 12.0. The highest BCUT2D eigenvalue weighted by atomic mass is 35.5. The van der Waals surface area contributed by atoms with E-state index in [2.05, 4.69) is 10.4 Å². The number of hydrogen-bond acceptors (Lipinski definition) is 2. The average Bonchev–Trinajstić information content (AvgIpc) is 3.07. The van der Waals surface area contributed by atoms with E-state index in [-0.39, 0.29) is 5.91 Å². The Labute approximate surface area is 146 Å². The van der Waals surface area contributed by atoms with E-state index in [1.165, 1.54) is 0 Å². The van der Waals surface area contributed by atoms with Crippen molar-refractivity contribution in [2.24, 2.45) is 0 Å². The van der Waals surface area contributed by atoms with Gasteiger partial charge in [0.15, 0.2) is 0 Å².